The number of amides is 1. The van der Waals surface area contributed by atoms with Gasteiger partial charge in [-0.05, 0) is 18.9 Å². The molecule has 0 spiro atoms. The van der Waals surface area contributed by atoms with E-state index in [9.17, 15) is 9.59 Å². The summed E-state index contributed by atoms with van der Waals surface area (Å²) >= 11 is 0. The summed E-state index contributed by atoms with van der Waals surface area (Å²) in [5.41, 5.74) is 0. The van der Waals surface area contributed by atoms with Gasteiger partial charge >= 0.3 is 5.97 Å². The lowest BCUT2D eigenvalue weighted by Gasteiger charge is -2.21. The molecule has 0 bridgehead atoms. The van der Waals surface area contributed by atoms with Crippen molar-refractivity contribution in [2.45, 2.75) is 25.3 Å². The van der Waals surface area contributed by atoms with Crippen LogP contribution in [0.5, 0.6) is 0 Å². The third-order valence-corrected chi connectivity index (χ3v) is 2.25. The van der Waals surface area contributed by atoms with Crippen molar-refractivity contribution >= 4 is 24.3 Å². The fourth-order valence-corrected chi connectivity index (χ4v) is 1.66. The molecule has 1 heterocycles. The second-order valence-electron chi connectivity index (χ2n) is 3.13. The van der Waals surface area contributed by atoms with Crippen molar-refractivity contribution in [3.63, 3.8) is 0 Å². The van der Waals surface area contributed by atoms with Crippen molar-refractivity contribution in [1.29, 1.82) is 0 Å². The molecule has 0 aromatic heterocycles. The summed E-state index contributed by atoms with van der Waals surface area (Å²) in [6.07, 6.45) is 2.95. The highest BCUT2D eigenvalue weighted by Crippen LogP contribution is 2.20. The number of carbonyl (C=O) groups is 2. The van der Waals surface area contributed by atoms with Crippen LogP contribution in [0.4, 0.5) is 0 Å². The average Bonchev–Trinajstić information content (AvgIpc) is 2.50. The number of nitrogens with zero attached hydrogens (tertiary/aromatic N) is 1. The van der Waals surface area contributed by atoms with Crippen molar-refractivity contribution in [3.05, 3.63) is 12.7 Å². The summed E-state index contributed by atoms with van der Waals surface area (Å²) in [5.74, 6) is -1.02. The number of rotatable bonds is 3. The van der Waals surface area contributed by atoms with Gasteiger partial charge < -0.3 is 10.0 Å². The van der Waals surface area contributed by atoms with Crippen LogP contribution in [0.3, 0.4) is 0 Å². The normalized spacial score (nSPS) is 20.0. The molecule has 1 N–H and O–H groups in total. The van der Waals surface area contributed by atoms with Crippen molar-refractivity contribution in [1.82, 2.24) is 4.90 Å². The van der Waals surface area contributed by atoms with Gasteiger partial charge in [-0.1, -0.05) is 6.58 Å². The Morgan fingerprint density at radius 2 is 2.21 bits per heavy atom. The van der Waals surface area contributed by atoms with Gasteiger partial charge in [0.05, 0.1) is 6.42 Å². The maximum Gasteiger partial charge on any atom is 0.305 e. The summed E-state index contributed by atoms with van der Waals surface area (Å²) in [4.78, 5) is 23.3. The predicted molar refractivity (Wildman–Crippen MR) is 54.4 cm³/mol. The van der Waals surface area contributed by atoms with Crippen molar-refractivity contribution in [3.8, 4) is 0 Å². The van der Waals surface area contributed by atoms with Gasteiger partial charge in [0, 0.05) is 12.6 Å². The van der Waals surface area contributed by atoms with Crippen LogP contribution in [0.1, 0.15) is 19.3 Å². The largest absolute Gasteiger partial charge is 0.481 e. The molecule has 0 aromatic carbocycles. The first kappa shape index (κ1) is 13.0. The molecule has 0 radical (unpaired) electrons. The lowest BCUT2D eigenvalue weighted by atomic mass is 10.1. The third-order valence-electron chi connectivity index (χ3n) is 2.25. The van der Waals surface area contributed by atoms with E-state index in [-0.39, 0.29) is 30.8 Å². The van der Waals surface area contributed by atoms with E-state index in [4.69, 9.17) is 5.11 Å². The van der Waals surface area contributed by atoms with Crippen molar-refractivity contribution in [2.75, 3.05) is 6.54 Å². The molecule has 1 fully saturated rings. The van der Waals surface area contributed by atoms with E-state index in [1.807, 2.05) is 0 Å². The zero-order valence-electron chi connectivity index (χ0n) is 7.81. The highest BCUT2D eigenvalue weighted by molar-refractivity contribution is 5.87. The Bertz CT molecular complexity index is 242. The minimum Gasteiger partial charge on any atom is -0.481 e. The summed E-state index contributed by atoms with van der Waals surface area (Å²) in [5, 5.41) is 8.58. The van der Waals surface area contributed by atoms with Gasteiger partial charge in [-0.2, -0.15) is 0 Å². The summed E-state index contributed by atoms with van der Waals surface area (Å²) in [7, 11) is 0. The summed E-state index contributed by atoms with van der Waals surface area (Å²) in [6.45, 7) is 4.04. The van der Waals surface area contributed by atoms with Crippen LogP contribution in [0.15, 0.2) is 12.7 Å². The van der Waals surface area contributed by atoms with Crippen LogP contribution in [0, 0.1) is 0 Å². The first-order chi connectivity index (χ1) is 6.15. The average molecular weight is 220 g/mol. The highest BCUT2D eigenvalue weighted by Gasteiger charge is 2.28. The topological polar surface area (TPSA) is 57.6 Å². The van der Waals surface area contributed by atoms with E-state index in [2.05, 4.69) is 6.58 Å². The van der Waals surface area contributed by atoms with Crippen LogP contribution in [-0.4, -0.2) is 34.5 Å². The van der Waals surface area contributed by atoms with E-state index < -0.39 is 5.97 Å². The molecule has 1 rings (SSSR count). The van der Waals surface area contributed by atoms with Crippen LogP contribution < -0.4 is 0 Å². The Labute approximate surface area is 89.0 Å². The van der Waals surface area contributed by atoms with Crippen molar-refractivity contribution in [2.24, 2.45) is 0 Å². The molecule has 0 unspecified atom stereocenters. The Kier molecular flexibility index (Phi) is 5.23. The first-order valence-corrected chi connectivity index (χ1v) is 4.30. The summed E-state index contributed by atoms with van der Waals surface area (Å²) in [6, 6.07) is -0.136. The molecular weight excluding hydrogens is 206 g/mol. The van der Waals surface area contributed by atoms with Gasteiger partial charge in [0.1, 0.15) is 0 Å². The minimum atomic E-state index is -0.853. The van der Waals surface area contributed by atoms with Crippen molar-refractivity contribution < 1.29 is 14.7 Å². The molecule has 0 aliphatic carbocycles. The fraction of sp³-hybridized carbons (Fsp3) is 0.556. The molecule has 1 saturated heterocycles. The Hall–Kier alpha value is -1.03. The third kappa shape index (κ3) is 3.03. The van der Waals surface area contributed by atoms with Gasteiger partial charge in [-0.15, -0.1) is 12.4 Å². The maximum atomic E-state index is 11.2. The van der Waals surface area contributed by atoms with Gasteiger partial charge in [-0.25, -0.2) is 0 Å². The number of likely N-dealkylation sites (tertiary alicyclic amines) is 1. The van der Waals surface area contributed by atoms with Crippen LogP contribution in [0.2, 0.25) is 0 Å². The second-order valence-corrected chi connectivity index (χ2v) is 3.13. The molecule has 14 heavy (non-hydrogen) atoms. The zero-order chi connectivity index (χ0) is 9.84. The van der Waals surface area contributed by atoms with Gasteiger partial charge in [-0.3, -0.25) is 9.59 Å². The van der Waals surface area contributed by atoms with E-state index in [0.29, 0.717) is 6.54 Å². The number of aliphatic carboxylic acids is 1. The van der Waals surface area contributed by atoms with E-state index in [0.717, 1.165) is 12.8 Å². The molecule has 0 aromatic rings. The Balaban J connectivity index is 0.00000169. The number of carbonyl (C=O) groups excluding carboxylic acids is 1. The molecule has 1 aliphatic heterocycles. The number of hydrogen-bond acceptors (Lipinski definition) is 2. The van der Waals surface area contributed by atoms with Gasteiger partial charge in [0.15, 0.2) is 0 Å². The predicted octanol–water partition coefficient (Wildman–Crippen LogP) is 1.06. The monoisotopic (exact) mass is 219 g/mol. The maximum absolute atomic E-state index is 11.2. The number of halogens is 1. The first-order valence-electron chi connectivity index (χ1n) is 4.30. The van der Waals surface area contributed by atoms with E-state index >= 15 is 0 Å². The minimum absolute atomic E-state index is 0. The molecule has 5 heteroatoms. The number of hydrogen-bond donors (Lipinski definition) is 1. The zero-order valence-corrected chi connectivity index (χ0v) is 8.63. The Morgan fingerprint density at radius 1 is 1.57 bits per heavy atom. The fourth-order valence-electron chi connectivity index (χ4n) is 1.66. The molecular formula is C9H14ClNO3. The smallest absolute Gasteiger partial charge is 0.305 e. The molecule has 1 aliphatic rings. The standard InChI is InChI=1S/C9H13NO3.ClH/c1-2-8(11)10-5-3-4-7(10)6-9(12)13;/h2,7H,1,3-6H2,(H,12,13);1H/t7-;/m0./s1. The van der Waals surface area contributed by atoms with Gasteiger partial charge in [0.25, 0.3) is 0 Å². The quantitative estimate of drug-likeness (QED) is 0.723. The Morgan fingerprint density at radius 3 is 2.71 bits per heavy atom. The molecule has 1 amide bonds. The van der Waals surface area contributed by atoms with E-state index in [1.165, 1.54) is 6.08 Å². The molecule has 80 valence electrons. The SMILES string of the molecule is C=CC(=O)N1CCC[C@H]1CC(=O)O.Cl. The van der Waals surface area contributed by atoms with Crippen LogP contribution >= 0.6 is 12.4 Å². The number of carboxylic acids is 1. The lowest BCUT2D eigenvalue weighted by molar-refractivity contribution is -0.139. The lowest BCUT2D eigenvalue weighted by Crippen LogP contribution is -2.35. The highest BCUT2D eigenvalue weighted by atomic mass is 35.5. The summed E-state index contributed by atoms with van der Waals surface area (Å²) < 4.78 is 0. The molecule has 4 nitrogen and oxygen atoms in total. The van der Waals surface area contributed by atoms with E-state index in [1.54, 1.807) is 4.90 Å². The molecule has 0 saturated carbocycles. The van der Waals surface area contributed by atoms with Crippen LogP contribution in [0.25, 0.3) is 0 Å². The number of carboxylic acid groups (broad SMARTS) is 1. The van der Waals surface area contributed by atoms with Gasteiger partial charge in [0.2, 0.25) is 5.91 Å². The van der Waals surface area contributed by atoms with Crippen LogP contribution in [-0.2, 0) is 9.59 Å². The second kappa shape index (κ2) is 5.65. The molecule has 1 atom stereocenters.